The Hall–Kier alpha value is -1.50. The van der Waals surface area contributed by atoms with Crippen LogP contribution in [0.5, 0.6) is 0 Å². The summed E-state index contributed by atoms with van der Waals surface area (Å²) in [5.41, 5.74) is 1.46. The van der Waals surface area contributed by atoms with E-state index in [2.05, 4.69) is 10.2 Å². The van der Waals surface area contributed by atoms with E-state index in [9.17, 15) is 4.79 Å². The zero-order valence-corrected chi connectivity index (χ0v) is 17.2. The van der Waals surface area contributed by atoms with Crippen LogP contribution in [-0.4, -0.2) is 32.2 Å². The van der Waals surface area contributed by atoms with Gasteiger partial charge in [-0.25, -0.2) is 0 Å². The van der Waals surface area contributed by atoms with Gasteiger partial charge < -0.3 is 15.0 Å². The minimum atomic E-state index is -0.269. The van der Waals surface area contributed by atoms with Crippen molar-refractivity contribution in [1.82, 2.24) is 0 Å². The van der Waals surface area contributed by atoms with Gasteiger partial charge in [0.05, 0.1) is 34.6 Å². The normalized spacial score (nSPS) is 14.6. The number of rotatable bonds is 3. The lowest BCUT2D eigenvalue weighted by Gasteiger charge is -2.31. The Kier molecular flexibility index (Phi) is 5.48. The number of carbonyl (C=O) groups excluding carboxylic acids is 1. The molecule has 1 aromatic heterocycles. The van der Waals surface area contributed by atoms with Gasteiger partial charge in [0.2, 0.25) is 0 Å². The molecular formula is C19H15Cl3N2O2S. The van der Waals surface area contributed by atoms with Gasteiger partial charge in [-0.05, 0) is 24.3 Å². The molecule has 0 saturated carbocycles. The van der Waals surface area contributed by atoms with Crippen molar-refractivity contribution in [2.24, 2.45) is 0 Å². The highest BCUT2D eigenvalue weighted by molar-refractivity contribution is 7.21. The average Bonchev–Trinajstić information content (AvgIpc) is 2.98. The Bertz CT molecular complexity index is 1020. The van der Waals surface area contributed by atoms with E-state index in [1.807, 2.05) is 30.3 Å². The second-order valence-electron chi connectivity index (χ2n) is 6.08. The van der Waals surface area contributed by atoms with Crippen LogP contribution in [0, 0.1) is 0 Å². The Morgan fingerprint density at radius 1 is 1.11 bits per heavy atom. The zero-order chi connectivity index (χ0) is 19.0. The largest absolute Gasteiger partial charge is 0.378 e. The number of carbonyl (C=O) groups is 1. The van der Waals surface area contributed by atoms with Crippen LogP contribution in [0.4, 0.5) is 11.4 Å². The number of nitrogens with zero attached hydrogens (tertiary/aromatic N) is 1. The molecule has 1 amide bonds. The van der Waals surface area contributed by atoms with E-state index in [0.29, 0.717) is 38.8 Å². The fourth-order valence-electron chi connectivity index (χ4n) is 3.09. The SMILES string of the molecule is O=C(Nc1cccc(Cl)c1N1CCOCC1)c1sc2cc(Cl)ccc2c1Cl. The highest BCUT2D eigenvalue weighted by atomic mass is 35.5. The molecule has 8 heteroatoms. The number of hydrogen-bond acceptors (Lipinski definition) is 4. The summed E-state index contributed by atoms with van der Waals surface area (Å²) in [7, 11) is 0. The minimum Gasteiger partial charge on any atom is -0.378 e. The van der Waals surface area contributed by atoms with E-state index >= 15 is 0 Å². The molecule has 2 aromatic carbocycles. The molecule has 0 atom stereocenters. The average molecular weight is 442 g/mol. The molecule has 1 aliphatic heterocycles. The van der Waals surface area contributed by atoms with Gasteiger partial charge >= 0.3 is 0 Å². The van der Waals surface area contributed by atoms with Crippen LogP contribution in [0.3, 0.4) is 0 Å². The third-order valence-corrected chi connectivity index (χ3v) is 6.56. The first-order chi connectivity index (χ1) is 13.0. The first-order valence-corrected chi connectivity index (χ1v) is 10.3. The van der Waals surface area contributed by atoms with Crippen molar-refractivity contribution in [3.8, 4) is 0 Å². The fraction of sp³-hybridized carbons (Fsp3) is 0.211. The maximum atomic E-state index is 12.9. The van der Waals surface area contributed by atoms with Crippen LogP contribution in [0.15, 0.2) is 36.4 Å². The summed E-state index contributed by atoms with van der Waals surface area (Å²) in [4.78, 5) is 15.5. The molecule has 1 aliphatic rings. The lowest BCUT2D eigenvalue weighted by atomic mass is 10.2. The third-order valence-electron chi connectivity index (χ3n) is 4.36. The highest BCUT2D eigenvalue weighted by Gasteiger charge is 2.22. The Morgan fingerprint density at radius 2 is 1.89 bits per heavy atom. The van der Waals surface area contributed by atoms with Crippen LogP contribution >= 0.6 is 46.1 Å². The number of morpholine rings is 1. The number of thiophene rings is 1. The number of fused-ring (bicyclic) bond motifs is 1. The van der Waals surface area contributed by atoms with E-state index in [4.69, 9.17) is 39.5 Å². The van der Waals surface area contributed by atoms with Gasteiger partial charge in [0.25, 0.3) is 5.91 Å². The second-order valence-corrected chi connectivity index (χ2v) is 8.35. The monoisotopic (exact) mass is 440 g/mol. The van der Waals surface area contributed by atoms with Gasteiger partial charge in [0, 0.05) is 28.2 Å². The molecule has 4 nitrogen and oxygen atoms in total. The Morgan fingerprint density at radius 3 is 2.67 bits per heavy atom. The van der Waals surface area contributed by atoms with E-state index in [0.717, 1.165) is 28.9 Å². The molecule has 2 heterocycles. The maximum absolute atomic E-state index is 12.9. The molecule has 1 N–H and O–H groups in total. The lowest BCUT2D eigenvalue weighted by molar-refractivity contribution is 0.103. The number of para-hydroxylation sites is 1. The van der Waals surface area contributed by atoms with Gasteiger partial charge in [0.15, 0.2) is 0 Å². The number of halogens is 3. The number of anilines is 2. The minimum absolute atomic E-state index is 0.269. The summed E-state index contributed by atoms with van der Waals surface area (Å²) in [6.07, 6.45) is 0. The van der Waals surface area contributed by atoms with Crippen molar-refractivity contribution in [3.63, 3.8) is 0 Å². The van der Waals surface area contributed by atoms with E-state index in [-0.39, 0.29) is 5.91 Å². The van der Waals surface area contributed by atoms with Crippen molar-refractivity contribution in [2.45, 2.75) is 0 Å². The van der Waals surface area contributed by atoms with E-state index < -0.39 is 0 Å². The van der Waals surface area contributed by atoms with Gasteiger partial charge in [-0.15, -0.1) is 11.3 Å². The summed E-state index contributed by atoms with van der Waals surface area (Å²) in [6, 6.07) is 10.9. The van der Waals surface area contributed by atoms with Crippen LogP contribution in [-0.2, 0) is 4.74 Å². The Labute approximate surface area is 175 Å². The molecule has 27 heavy (non-hydrogen) atoms. The number of benzene rings is 2. The van der Waals surface area contributed by atoms with E-state index in [1.165, 1.54) is 11.3 Å². The van der Waals surface area contributed by atoms with Crippen molar-refractivity contribution in [3.05, 3.63) is 56.3 Å². The molecule has 0 aliphatic carbocycles. The van der Waals surface area contributed by atoms with Crippen LogP contribution in [0.2, 0.25) is 15.1 Å². The number of amides is 1. The summed E-state index contributed by atoms with van der Waals surface area (Å²) < 4.78 is 6.28. The summed E-state index contributed by atoms with van der Waals surface area (Å²) in [5.74, 6) is -0.269. The topological polar surface area (TPSA) is 41.6 Å². The molecule has 3 aromatic rings. The summed E-state index contributed by atoms with van der Waals surface area (Å²) in [5, 5.41) is 5.41. The maximum Gasteiger partial charge on any atom is 0.267 e. The van der Waals surface area contributed by atoms with Crippen molar-refractivity contribution in [1.29, 1.82) is 0 Å². The number of ether oxygens (including phenoxy) is 1. The summed E-state index contributed by atoms with van der Waals surface area (Å²) >= 11 is 20.2. The fourth-order valence-corrected chi connectivity index (χ4v) is 5.07. The van der Waals surface area contributed by atoms with Crippen molar-refractivity contribution >= 4 is 73.5 Å². The first kappa shape index (κ1) is 18.8. The summed E-state index contributed by atoms with van der Waals surface area (Å²) in [6.45, 7) is 2.69. The van der Waals surface area contributed by atoms with Crippen LogP contribution in [0.1, 0.15) is 9.67 Å². The molecule has 140 valence electrons. The predicted molar refractivity (Wildman–Crippen MR) is 114 cm³/mol. The molecule has 1 fully saturated rings. The molecule has 1 saturated heterocycles. The molecule has 0 spiro atoms. The highest BCUT2D eigenvalue weighted by Crippen LogP contribution is 2.39. The number of hydrogen-bond donors (Lipinski definition) is 1. The third kappa shape index (κ3) is 3.75. The van der Waals surface area contributed by atoms with Gasteiger partial charge in [0.1, 0.15) is 4.88 Å². The number of nitrogens with one attached hydrogen (secondary N) is 1. The van der Waals surface area contributed by atoms with Crippen molar-refractivity contribution in [2.75, 3.05) is 36.5 Å². The van der Waals surface area contributed by atoms with Gasteiger partial charge in [-0.2, -0.15) is 0 Å². The van der Waals surface area contributed by atoms with E-state index in [1.54, 1.807) is 6.07 Å². The molecule has 4 rings (SSSR count). The quantitative estimate of drug-likeness (QED) is 0.546. The Balaban J connectivity index is 1.67. The molecule has 0 radical (unpaired) electrons. The molecule has 0 unspecified atom stereocenters. The smallest absolute Gasteiger partial charge is 0.267 e. The van der Waals surface area contributed by atoms with Gasteiger partial charge in [-0.3, -0.25) is 4.79 Å². The first-order valence-electron chi connectivity index (χ1n) is 8.34. The van der Waals surface area contributed by atoms with Crippen LogP contribution < -0.4 is 10.2 Å². The predicted octanol–water partition coefficient (Wildman–Crippen LogP) is 5.95. The molecule has 0 bridgehead atoms. The standard InChI is InChI=1S/C19H15Cl3N2O2S/c20-11-4-5-12-15(10-11)27-18(16(12)22)19(25)23-14-3-1-2-13(21)17(14)24-6-8-26-9-7-24/h1-5,10H,6-9H2,(H,23,25). The van der Waals surface area contributed by atoms with Gasteiger partial charge in [-0.1, -0.05) is 46.9 Å². The van der Waals surface area contributed by atoms with Crippen LogP contribution in [0.25, 0.3) is 10.1 Å². The lowest BCUT2D eigenvalue weighted by Crippen LogP contribution is -2.37. The molecular weight excluding hydrogens is 427 g/mol. The zero-order valence-electron chi connectivity index (χ0n) is 14.1. The van der Waals surface area contributed by atoms with Crippen molar-refractivity contribution < 1.29 is 9.53 Å². The second kappa shape index (κ2) is 7.86.